The van der Waals surface area contributed by atoms with Crippen LogP contribution in [0.5, 0.6) is 11.5 Å². The van der Waals surface area contributed by atoms with Crippen LogP contribution in [0.15, 0.2) is 218 Å². The van der Waals surface area contributed by atoms with Crippen LogP contribution in [0.4, 0.5) is 0 Å². The molecule has 0 radical (unpaired) electrons. The Hall–Kier alpha value is -8.31. The molecule has 0 spiro atoms. The van der Waals surface area contributed by atoms with E-state index in [9.17, 15) is 0 Å². The molecule has 0 bridgehead atoms. The molecule has 0 saturated heterocycles. The largest absolute Gasteiger partial charge is 0.510 e. The smallest absolute Gasteiger partial charge is 0.268 e. The Morgan fingerprint density at radius 2 is 1.17 bits per heavy atom. The molecule has 0 aliphatic rings. The van der Waals surface area contributed by atoms with E-state index in [0.29, 0.717) is 28.2 Å². The van der Waals surface area contributed by atoms with Crippen LogP contribution >= 0.6 is 0 Å². The summed E-state index contributed by atoms with van der Waals surface area (Å²) < 4.78 is 102. The first-order valence-electron chi connectivity index (χ1n) is 27.9. The van der Waals surface area contributed by atoms with Crippen molar-refractivity contribution in [3.63, 3.8) is 0 Å². The van der Waals surface area contributed by atoms with Gasteiger partial charge in [0.25, 0.3) is 6.33 Å². The minimum Gasteiger partial charge on any atom is -0.510 e. The van der Waals surface area contributed by atoms with Crippen molar-refractivity contribution in [2.75, 3.05) is 0 Å². The maximum Gasteiger partial charge on any atom is 0.268 e. The quantitative estimate of drug-likeness (QED) is 0.112. The Labute approximate surface area is 440 Å². The third kappa shape index (κ3) is 7.54. The molecule has 0 N–H and O–H groups in total. The van der Waals surface area contributed by atoms with Crippen LogP contribution in [0, 0.1) is 18.5 Å². The number of aromatic nitrogens is 5. The zero-order valence-corrected chi connectivity index (χ0v) is 40.7. The summed E-state index contributed by atoms with van der Waals surface area (Å²) in [7, 11) is 0. The van der Waals surface area contributed by atoms with Crippen LogP contribution in [-0.2, 0) is 26.5 Å². The Bertz CT molecular complexity index is 4570. The number of pyridine rings is 1. The maximum absolute atomic E-state index is 9.07. The van der Waals surface area contributed by atoms with Gasteiger partial charge in [0, 0.05) is 60.7 Å². The summed E-state index contributed by atoms with van der Waals surface area (Å²) >= 11 is 0. The van der Waals surface area contributed by atoms with Gasteiger partial charge >= 0.3 is 0 Å². The van der Waals surface area contributed by atoms with E-state index in [1.165, 1.54) is 10.8 Å². The molecule has 0 aliphatic heterocycles. The first-order chi connectivity index (χ1) is 38.5. The molecule has 0 unspecified atom stereocenters. The molecule has 4 aromatic heterocycles. The monoisotopic (exact) mass is 1100 g/mol. The zero-order chi connectivity index (χ0) is 55.6. The van der Waals surface area contributed by atoms with Crippen molar-refractivity contribution < 1.29 is 44.1 Å². The number of ether oxygens (including phenoxy) is 1. The van der Waals surface area contributed by atoms with Gasteiger partial charge in [-0.25, -0.2) is 4.98 Å². The van der Waals surface area contributed by atoms with Gasteiger partial charge < -0.3 is 18.4 Å². The second-order valence-electron chi connectivity index (χ2n) is 18.1. The molecule has 0 atom stereocenters. The predicted molar refractivity (Wildman–Crippen MR) is 284 cm³/mol. The summed E-state index contributed by atoms with van der Waals surface area (Å²) in [5.41, 5.74) is 7.66. The summed E-state index contributed by atoms with van der Waals surface area (Å²) in [6.45, 7) is 6.54. The first-order valence-corrected chi connectivity index (χ1v) is 22.9. The minimum atomic E-state index is -0.576. The van der Waals surface area contributed by atoms with Crippen LogP contribution in [0.2, 0.25) is 0 Å². The topological polar surface area (TPSA) is 40.8 Å². The minimum absolute atomic E-state index is 0. The van der Waals surface area contributed by atoms with Gasteiger partial charge in [-0.05, 0) is 86.8 Å². The fourth-order valence-corrected chi connectivity index (χ4v) is 9.66. The summed E-state index contributed by atoms with van der Waals surface area (Å²) in [5.74, 6) is 1.49. The second-order valence-corrected chi connectivity index (χ2v) is 18.1. The van der Waals surface area contributed by atoms with Gasteiger partial charge in [0.15, 0.2) is 0 Å². The molecule has 0 aliphatic carbocycles. The number of para-hydroxylation sites is 5. The molecule has 71 heavy (non-hydrogen) atoms. The van der Waals surface area contributed by atoms with Gasteiger partial charge in [-0.2, -0.15) is 18.2 Å². The average Bonchev–Trinajstić information content (AvgIpc) is 4.34. The number of hydrogen-bond acceptors (Lipinski definition) is 2. The maximum atomic E-state index is 9.07. The molecule has 13 aromatic rings. The summed E-state index contributed by atoms with van der Waals surface area (Å²) in [5, 5.41) is 4.29. The number of fused-ring (bicyclic) bond motifs is 7. The van der Waals surface area contributed by atoms with Gasteiger partial charge in [-0.15, -0.1) is 29.7 Å². The van der Waals surface area contributed by atoms with Gasteiger partial charge in [-0.3, -0.25) is 4.57 Å². The molecule has 7 heteroatoms. The molecule has 9 aromatic carbocycles. The second kappa shape index (κ2) is 17.6. The van der Waals surface area contributed by atoms with Crippen molar-refractivity contribution in [1.29, 1.82) is 0 Å². The molecule has 6 nitrogen and oxygen atoms in total. The zero-order valence-electron chi connectivity index (χ0n) is 48.5. The molecule has 0 saturated carbocycles. The van der Waals surface area contributed by atoms with Crippen LogP contribution < -0.4 is 9.30 Å². The van der Waals surface area contributed by atoms with Gasteiger partial charge in [0.1, 0.15) is 5.82 Å². The van der Waals surface area contributed by atoms with Crippen LogP contribution in [-0.4, -0.2) is 18.7 Å². The predicted octanol–water partition coefficient (Wildman–Crippen LogP) is 15.3. The summed E-state index contributed by atoms with van der Waals surface area (Å²) in [4.78, 5) is 4.94. The normalized spacial score (nSPS) is 13.7. The van der Waals surface area contributed by atoms with E-state index in [4.69, 9.17) is 23.4 Å². The molecular weight excluding hydrogens is 1050 g/mol. The van der Waals surface area contributed by atoms with Crippen LogP contribution in [0.25, 0.3) is 99.8 Å². The van der Waals surface area contributed by atoms with E-state index in [1.807, 2.05) is 60.8 Å². The van der Waals surface area contributed by atoms with E-state index >= 15 is 0 Å². The summed E-state index contributed by atoms with van der Waals surface area (Å²) in [6, 6.07) is 50.8. The van der Waals surface area contributed by atoms with E-state index in [1.54, 1.807) is 33.4 Å². The standard InChI is InChI=1S/C64H45N5O.Pt/c1-64(2,3)45-36-37-65-62(38-45)69-58-35-32-47(68-56-28-12-10-24-52(56)53-25-11-13-29-57(53)68)40-55(58)54-34-33-49(41-61(54)69)70-48-23-16-22-46(39-48)66-42-67(60-31-15-14-30-59(60)66)63-50(43-18-6-4-7-19-43)26-17-27-51(63)44-20-8-5-9-21-44;/h4-38,40H,1-3H3;/q-2;/i4D,5D,6D,7D,8D,9D,18D,19D,20D,21D;. The summed E-state index contributed by atoms with van der Waals surface area (Å²) in [6.07, 6.45) is 5.27. The van der Waals surface area contributed by atoms with Crippen LogP contribution in [0.1, 0.15) is 40.0 Å². The fourth-order valence-electron chi connectivity index (χ4n) is 9.66. The van der Waals surface area contributed by atoms with Crippen molar-refractivity contribution in [3.8, 4) is 56.6 Å². The van der Waals surface area contributed by atoms with Gasteiger partial charge in [0.2, 0.25) is 0 Å². The number of hydrogen-bond donors (Lipinski definition) is 0. The molecule has 0 amide bonds. The number of nitrogens with zero attached hydrogens (tertiary/aromatic N) is 5. The molecule has 13 rings (SSSR count). The van der Waals surface area contributed by atoms with Crippen molar-refractivity contribution in [2.24, 2.45) is 0 Å². The van der Waals surface area contributed by atoms with Gasteiger partial charge in [-0.1, -0.05) is 166 Å². The van der Waals surface area contributed by atoms with E-state index < -0.39 is 60.4 Å². The van der Waals surface area contributed by atoms with Crippen LogP contribution in [0.3, 0.4) is 0 Å². The molecular formula is C64H45N5OPt-2. The van der Waals surface area contributed by atoms with E-state index in [0.717, 1.165) is 49.9 Å². The third-order valence-corrected chi connectivity index (χ3v) is 12.9. The third-order valence-electron chi connectivity index (χ3n) is 12.9. The van der Waals surface area contributed by atoms with Gasteiger partial charge in [0.05, 0.1) is 41.5 Å². The Kier molecular flexibility index (Phi) is 8.43. The number of imidazole rings is 1. The Morgan fingerprint density at radius 3 is 1.86 bits per heavy atom. The SMILES string of the molecule is [2H]c1c([2H])c([2H])c(-c2cccc(-c3c([2H])c([2H])c([2H])c([2H])c3[2H])c2-[n+]2[c-]n(-c3[c-]c(Oc4[c-]c5c(cc4)c4cc(-n6c7ccccc7c7ccccc76)ccc4n5-c4cc(C(C)(C)C)ccn4)ccc3)c3ccccc32)c([2H])c1[2H].[Pt]. The van der Waals surface area contributed by atoms with Crippen molar-refractivity contribution >= 4 is 54.6 Å². The van der Waals surface area contributed by atoms with E-state index in [2.05, 4.69) is 121 Å². The molecule has 4 heterocycles. The van der Waals surface area contributed by atoms with Crippen molar-refractivity contribution in [2.45, 2.75) is 26.2 Å². The number of benzene rings is 9. The Morgan fingerprint density at radius 1 is 0.549 bits per heavy atom. The molecule has 344 valence electrons. The van der Waals surface area contributed by atoms with Crippen molar-refractivity contribution in [3.05, 3.63) is 242 Å². The average molecular weight is 1110 g/mol. The number of rotatable bonds is 8. The van der Waals surface area contributed by atoms with Crippen molar-refractivity contribution in [1.82, 2.24) is 18.7 Å². The van der Waals surface area contributed by atoms with E-state index in [-0.39, 0.29) is 54.4 Å². The fraction of sp³-hybridized carbons (Fsp3) is 0.0625. The molecule has 0 fully saturated rings. The first kappa shape index (κ1) is 34.1. The Balaban J connectivity index is 0.00000651.